The molecule has 0 radical (unpaired) electrons. The molecule has 0 rings (SSSR count). The molecule has 0 aliphatic heterocycles. The summed E-state index contributed by atoms with van der Waals surface area (Å²) >= 11 is 0. The monoisotopic (exact) mass is 144 g/mol. The van der Waals surface area contributed by atoms with Gasteiger partial charge in [0, 0.05) is 6.08 Å². The molecule has 0 aromatic heterocycles. The molecule has 10 heavy (non-hydrogen) atoms. The van der Waals surface area contributed by atoms with Crippen molar-refractivity contribution in [1.29, 1.82) is 0 Å². The van der Waals surface area contributed by atoms with E-state index in [2.05, 4.69) is 0 Å². The summed E-state index contributed by atoms with van der Waals surface area (Å²) in [6.07, 6.45) is 2.70. The molecule has 0 unspecified atom stereocenters. The first-order valence-corrected chi connectivity index (χ1v) is 3.14. The van der Waals surface area contributed by atoms with Crippen LogP contribution in [-0.4, -0.2) is 23.8 Å². The fraction of sp³-hybridized carbons (Fsp3) is 0.571. The van der Waals surface area contributed by atoms with Crippen LogP contribution < -0.4 is 0 Å². The van der Waals surface area contributed by atoms with Gasteiger partial charge < -0.3 is 9.84 Å². The smallest absolute Gasteiger partial charge is 0.328 e. The highest BCUT2D eigenvalue weighted by atomic mass is 16.5. The molecule has 1 N–H and O–H groups in total. The minimum Gasteiger partial charge on any atom is -0.478 e. The summed E-state index contributed by atoms with van der Waals surface area (Å²) < 4.78 is 5.04. The molecule has 0 saturated heterocycles. The molecule has 3 nitrogen and oxygen atoms in total. The lowest BCUT2D eigenvalue weighted by Crippen LogP contribution is -2.02. The van der Waals surface area contributed by atoms with Crippen molar-refractivity contribution in [2.75, 3.05) is 6.61 Å². The molecule has 0 amide bonds. The van der Waals surface area contributed by atoms with Gasteiger partial charge in [0.15, 0.2) is 0 Å². The predicted octanol–water partition coefficient (Wildman–Crippen LogP) is 1.05. The van der Waals surface area contributed by atoms with Gasteiger partial charge in [0.05, 0.1) is 12.7 Å². The van der Waals surface area contributed by atoms with Crippen LogP contribution in [0.2, 0.25) is 0 Å². The molecule has 0 saturated carbocycles. The lowest BCUT2D eigenvalue weighted by Gasteiger charge is -2.01. The van der Waals surface area contributed by atoms with Crippen LogP contribution in [0.25, 0.3) is 0 Å². The van der Waals surface area contributed by atoms with Crippen molar-refractivity contribution in [3.63, 3.8) is 0 Å². The summed E-state index contributed by atoms with van der Waals surface area (Å²) in [5.74, 6) is -0.938. The zero-order valence-corrected chi connectivity index (χ0v) is 6.20. The number of carboxylic acids is 1. The number of rotatable bonds is 4. The van der Waals surface area contributed by atoms with Gasteiger partial charge in [0.1, 0.15) is 0 Å². The first-order valence-electron chi connectivity index (χ1n) is 3.14. The second-order valence-electron chi connectivity index (χ2n) is 2.12. The van der Waals surface area contributed by atoms with E-state index < -0.39 is 5.97 Å². The maximum absolute atomic E-state index is 9.90. The van der Waals surface area contributed by atoms with E-state index >= 15 is 0 Å². The third-order valence-electron chi connectivity index (χ3n) is 0.786. The first kappa shape index (κ1) is 9.17. The molecular weight excluding hydrogens is 132 g/mol. The van der Waals surface area contributed by atoms with Crippen molar-refractivity contribution in [2.45, 2.75) is 20.0 Å². The summed E-state index contributed by atoms with van der Waals surface area (Å²) in [4.78, 5) is 9.90. The van der Waals surface area contributed by atoms with Crippen molar-refractivity contribution < 1.29 is 14.6 Å². The van der Waals surface area contributed by atoms with Crippen LogP contribution in [0.3, 0.4) is 0 Å². The average molecular weight is 144 g/mol. The van der Waals surface area contributed by atoms with Gasteiger partial charge >= 0.3 is 5.97 Å². The standard InChI is InChI=1S/C7H12O3/c1-6(2)10-5-3-4-7(8)9/h3-4,6H,5H2,1-2H3,(H,8,9). The molecule has 0 aromatic carbocycles. The third kappa shape index (κ3) is 7.17. The number of hydrogen-bond donors (Lipinski definition) is 1. The first-order chi connectivity index (χ1) is 4.63. The maximum Gasteiger partial charge on any atom is 0.328 e. The Morgan fingerprint density at radius 2 is 2.30 bits per heavy atom. The molecule has 58 valence electrons. The Morgan fingerprint density at radius 1 is 1.70 bits per heavy atom. The second kappa shape index (κ2) is 4.99. The number of aliphatic carboxylic acids is 1. The van der Waals surface area contributed by atoms with Crippen LogP contribution in [0.15, 0.2) is 12.2 Å². The molecule has 0 bridgehead atoms. The van der Waals surface area contributed by atoms with Crippen molar-refractivity contribution in [2.24, 2.45) is 0 Å². The topological polar surface area (TPSA) is 46.5 Å². The van der Waals surface area contributed by atoms with Gasteiger partial charge in [0.2, 0.25) is 0 Å². The van der Waals surface area contributed by atoms with Gasteiger partial charge in [-0.25, -0.2) is 4.79 Å². The van der Waals surface area contributed by atoms with Gasteiger partial charge in [0.25, 0.3) is 0 Å². The number of hydrogen-bond acceptors (Lipinski definition) is 2. The maximum atomic E-state index is 9.90. The third-order valence-corrected chi connectivity index (χ3v) is 0.786. The van der Waals surface area contributed by atoms with E-state index in [9.17, 15) is 4.79 Å². The normalized spacial score (nSPS) is 11.1. The zero-order valence-electron chi connectivity index (χ0n) is 6.20. The summed E-state index contributed by atoms with van der Waals surface area (Å²) in [5, 5.41) is 8.14. The Morgan fingerprint density at radius 3 is 2.70 bits per heavy atom. The average Bonchev–Trinajstić information content (AvgIpc) is 1.79. The largest absolute Gasteiger partial charge is 0.478 e. The number of carboxylic acid groups (broad SMARTS) is 1. The molecule has 0 heterocycles. The SMILES string of the molecule is CC(C)OCC=CC(=O)O. The minimum absolute atomic E-state index is 0.151. The lowest BCUT2D eigenvalue weighted by atomic mass is 10.4. The van der Waals surface area contributed by atoms with Crippen LogP contribution in [0.1, 0.15) is 13.8 Å². The Balaban J connectivity index is 3.27. The van der Waals surface area contributed by atoms with Crippen molar-refractivity contribution in [1.82, 2.24) is 0 Å². The van der Waals surface area contributed by atoms with Crippen molar-refractivity contribution in [3.05, 3.63) is 12.2 Å². The predicted molar refractivity (Wildman–Crippen MR) is 37.9 cm³/mol. The van der Waals surface area contributed by atoms with Crippen LogP contribution in [0.4, 0.5) is 0 Å². The molecular formula is C7H12O3. The van der Waals surface area contributed by atoms with E-state index in [0.717, 1.165) is 6.08 Å². The molecule has 0 aliphatic carbocycles. The Hall–Kier alpha value is -0.830. The summed E-state index contributed by atoms with van der Waals surface area (Å²) in [6, 6.07) is 0. The Labute approximate surface area is 60.3 Å². The lowest BCUT2D eigenvalue weighted by molar-refractivity contribution is -0.131. The molecule has 0 aliphatic rings. The van der Waals surface area contributed by atoms with Crippen LogP contribution in [0, 0.1) is 0 Å². The fourth-order valence-corrected chi connectivity index (χ4v) is 0.397. The second-order valence-corrected chi connectivity index (χ2v) is 2.12. The van der Waals surface area contributed by atoms with Crippen LogP contribution >= 0.6 is 0 Å². The Bertz CT molecular complexity index is 127. The van der Waals surface area contributed by atoms with Crippen molar-refractivity contribution in [3.8, 4) is 0 Å². The van der Waals surface area contributed by atoms with E-state index in [4.69, 9.17) is 9.84 Å². The summed E-state index contributed by atoms with van der Waals surface area (Å²) in [5.41, 5.74) is 0. The van der Waals surface area contributed by atoms with Gasteiger partial charge in [-0.1, -0.05) is 6.08 Å². The summed E-state index contributed by atoms with van der Waals surface area (Å²) in [7, 11) is 0. The molecule has 3 heteroatoms. The van der Waals surface area contributed by atoms with Gasteiger partial charge in [-0.2, -0.15) is 0 Å². The van der Waals surface area contributed by atoms with E-state index in [0.29, 0.717) is 6.61 Å². The highest BCUT2D eigenvalue weighted by Gasteiger charge is 1.89. The van der Waals surface area contributed by atoms with E-state index in [-0.39, 0.29) is 6.10 Å². The highest BCUT2D eigenvalue weighted by Crippen LogP contribution is 1.86. The van der Waals surface area contributed by atoms with Crippen LogP contribution in [-0.2, 0) is 9.53 Å². The Kier molecular flexibility index (Phi) is 4.58. The van der Waals surface area contributed by atoms with E-state index in [1.165, 1.54) is 6.08 Å². The molecule has 0 fully saturated rings. The molecule has 0 atom stereocenters. The van der Waals surface area contributed by atoms with E-state index in [1.807, 2.05) is 13.8 Å². The van der Waals surface area contributed by atoms with Gasteiger partial charge in [-0.05, 0) is 13.8 Å². The van der Waals surface area contributed by atoms with Gasteiger partial charge in [-0.15, -0.1) is 0 Å². The quantitative estimate of drug-likeness (QED) is 0.600. The van der Waals surface area contributed by atoms with Gasteiger partial charge in [-0.3, -0.25) is 0 Å². The van der Waals surface area contributed by atoms with Crippen molar-refractivity contribution >= 4 is 5.97 Å². The zero-order chi connectivity index (χ0) is 7.98. The molecule has 0 aromatic rings. The van der Waals surface area contributed by atoms with Crippen LogP contribution in [0.5, 0.6) is 0 Å². The summed E-state index contributed by atoms with van der Waals surface area (Å²) in [6.45, 7) is 4.16. The number of carbonyl (C=O) groups is 1. The molecule has 0 spiro atoms. The van der Waals surface area contributed by atoms with E-state index in [1.54, 1.807) is 0 Å². The minimum atomic E-state index is -0.938. The highest BCUT2D eigenvalue weighted by molar-refractivity contribution is 5.79. The fourth-order valence-electron chi connectivity index (χ4n) is 0.397. The number of ether oxygens (including phenoxy) is 1.